The van der Waals surface area contributed by atoms with Crippen molar-refractivity contribution in [2.45, 2.75) is 51.5 Å². The Kier molecular flexibility index (Phi) is 12.0. The first-order chi connectivity index (χ1) is 16.3. The summed E-state index contributed by atoms with van der Waals surface area (Å²) in [6.45, 7) is 13.5. The third-order valence-corrected chi connectivity index (χ3v) is 7.85. The summed E-state index contributed by atoms with van der Waals surface area (Å²) in [6, 6.07) is 11.5. The Morgan fingerprint density at radius 2 is 1.68 bits per heavy atom. The van der Waals surface area contributed by atoms with Crippen molar-refractivity contribution >= 4 is 47.6 Å². The van der Waals surface area contributed by atoms with E-state index in [0.717, 1.165) is 66.8 Å². The molecule has 9 heteroatoms. The summed E-state index contributed by atoms with van der Waals surface area (Å²) in [7, 11) is -3.69. The van der Waals surface area contributed by atoms with Crippen LogP contribution < -0.4 is 10.0 Å². The number of piperazine rings is 1. The number of anilines is 1. The zero-order valence-electron chi connectivity index (χ0n) is 20.6. The van der Waals surface area contributed by atoms with Crippen LogP contribution in [0.1, 0.15) is 51.3 Å². The minimum Gasteiger partial charge on any atom is -0.373 e. The van der Waals surface area contributed by atoms with Crippen molar-refractivity contribution in [1.29, 1.82) is 0 Å². The van der Waals surface area contributed by atoms with Gasteiger partial charge in [-0.1, -0.05) is 49.7 Å². The SMILES string of the molecule is CC.CC.NS(=O)(=O)c1ccc(N2CCN(CCC3OCCc4cc(Br)ccc43)CC2)c(Br)c1. The summed E-state index contributed by atoms with van der Waals surface area (Å²) >= 11 is 7.06. The number of fused-ring (bicyclic) bond motifs is 1. The van der Waals surface area contributed by atoms with E-state index in [0.29, 0.717) is 0 Å². The van der Waals surface area contributed by atoms with Gasteiger partial charge in [0.05, 0.1) is 23.3 Å². The van der Waals surface area contributed by atoms with E-state index in [1.807, 2.05) is 33.8 Å². The number of benzene rings is 2. The van der Waals surface area contributed by atoms with Gasteiger partial charge in [0, 0.05) is 41.7 Å². The number of halogens is 2. The van der Waals surface area contributed by atoms with Crippen LogP contribution in [0.2, 0.25) is 0 Å². The normalized spacial score (nSPS) is 18.2. The predicted octanol–water partition coefficient (Wildman–Crippen LogP) is 5.74. The lowest BCUT2D eigenvalue weighted by Gasteiger charge is -2.37. The fourth-order valence-electron chi connectivity index (χ4n) is 4.18. The molecule has 0 aliphatic carbocycles. The third kappa shape index (κ3) is 7.77. The highest BCUT2D eigenvalue weighted by Gasteiger charge is 2.24. The van der Waals surface area contributed by atoms with Crippen molar-refractivity contribution in [3.05, 3.63) is 56.5 Å². The highest BCUT2D eigenvalue weighted by atomic mass is 79.9. The lowest BCUT2D eigenvalue weighted by molar-refractivity contribution is 0.0289. The molecule has 2 N–H and O–H groups in total. The molecule has 2 aromatic rings. The van der Waals surface area contributed by atoms with E-state index < -0.39 is 10.0 Å². The minimum atomic E-state index is -3.69. The zero-order valence-corrected chi connectivity index (χ0v) is 24.5. The van der Waals surface area contributed by atoms with E-state index in [1.54, 1.807) is 12.1 Å². The monoisotopic (exact) mass is 617 g/mol. The Labute approximate surface area is 222 Å². The van der Waals surface area contributed by atoms with Crippen LogP contribution in [-0.4, -0.2) is 52.6 Å². The van der Waals surface area contributed by atoms with Crippen LogP contribution in [0.5, 0.6) is 0 Å². The predicted molar refractivity (Wildman–Crippen MR) is 148 cm³/mol. The van der Waals surface area contributed by atoms with Crippen LogP contribution in [0.3, 0.4) is 0 Å². The number of hydrogen-bond acceptors (Lipinski definition) is 5. The molecule has 1 fully saturated rings. The Morgan fingerprint density at radius 1 is 1.00 bits per heavy atom. The quantitative estimate of drug-likeness (QED) is 0.463. The summed E-state index contributed by atoms with van der Waals surface area (Å²) < 4.78 is 31.0. The standard InChI is InChI=1S/C21H25Br2N3O3S.2C2H6/c22-16-1-3-18-15(13-16)6-12-29-21(18)5-7-25-8-10-26(11-9-25)20-4-2-17(14-19(20)23)30(24,27)28;2*1-2/h1-4,13-14,21H,5-12H2,(H2,24,27,28);2*1-2H3. The van der Waals surface area contributed by atoms with E-state index in [2.05, 4.69) is 59.9 Å². The minimum absolute atomic E-state index is 0.122. The van der Waals surface area contributed by atoms with Gasteiger partial charge >= 0.3 is 0 Å². The molecule has 0 spiro atoms. The van der Waals surface area contributed by atoms with Gasteiger partial charge in [0.1, 0.15) is 0 Å². The molecular formula is C25H37Br2N3O3S. The highest BCUT2D eigenvalue weighted by molar-refractivity contribution is 9.10. The molecule has 0 saturated carbocycles. The van der Waals surface area contributed by atoms with E-state index in [1.165, 1.54) is 11.1 Å². The van der Waals surface area contributed by atoms with Gasteiger partial charge in [0.25, 0.3) is 0 Å². The van der Waals surface area contributed by atoms with Crippen molar-refractivity contribution < 1.29 is 13.2 Å². The summed E-state index contributed by atoms with van der Waals surface area (Å²) in [4.78, 5) is 4.87. The number of rotatable bonds is 5. The first-order valence-electron chi connectivity index (χ1n) is 12.0. The van der Waals surface area contributed by atoms with Crippen molar-refractivity contribution in [3.63, 3.8) is 0 Å². The fourth-order valence-corrected chi connectivity index (χ4v) is 5.91. The molecule has 0 bridgehead atoms. The highest BCUT2D eigenvalue weighted by Crippen LogP contribution is 2.32. The summed E-state index contributed by atoms with van der Waals surface area (Å²) in [6.07, 6.45) is 2.13. The zero-order chi connectivity index (χ0) is 25.3. The molecule has 4 rings (SSSR count). The number of nitrogens with two attached hydrogens (primary N) is 1. The van der Waals surface area contributed by atoms with Gasteiger partial charge < -0.3 is 9.64 Å². The topological polar surface area (TPSA) is 75.9 Å². The maximum absolute atomic E-state index is 11.5. The second-order valence-corrected chi connectivity index (χ2v) is 11.1. The Balaban J connectivity index is 0.000000970. The van der Waals surface area contributed by atoms with Crippen LogP contribution in [0.25, 0.3) is 0 Å². The van der Waals surface area contributed by atoms with Crippen LogP contribution in [0, 0.1) is 0 Å². The van der Waals surface area contributed by atoms with Crippen LogP contribution in [0.15, 0.2) is 50.2 Å². The lowest BCUT2D eigenvalue weighted by Crippen LogP contribution is -2.47. The van der Waals surface area contributed by atoms with Crippen LogP contribution in [0.4, 0.5) is 5.69 Å². The molecule has 2 aliphatic rings. The molecule has 1 saturated heterocycles. The molecule has 0 amide bonds. The van der Waals surface area contributed by atoms with Gasteiger partial charge in [0.2, 0.25) is 10.0 Å². The average molecular weight is 619 g/mol. The smallest absolute Gasteiger partial charge is 0.238 e. The molecule has 6 nitrogen and oxygen atoms in total. The second-order valence-electron chi connectivity index (χ2n) is 7.73. The number of ether oxygens (including phenoxy) is 1. The third-order valence-electron chi connectivity index (χ3n) is 5.81. The van der Waals surface area contributed by atoms with E-state index in [-0.39, 0.29) is 11.0 Å². The first-order valence-corrected chi connectivity index (χ1v) is 15.1. The summed E-state index contributed by atoms with van der Waals surface area (Å²) in [5.41, 5.74) is 3.71. The van der Waals surface area contributed by atoms with Gasteiger partial charge in [0.15, 0.2) is 0 Å². The fraction of sp³-hybridized carbons (Fsp3) is 0.520. The van der Waals surface area contributed by atoms with Crippen molar-refractivity contribution in [1.82, 2.24) is 4.90 Å². The molecule has 2 heterocycles. The Morgan fingerprint density at radius 3 is 2.29 bits per heavy atom. The molecular weight excluding hydrogens is 582 g/mol. The van der Waals surface area contributed by atoms with Crippen molar-refractivity contribution in [2.24, 2.45) is 5.14 Å². The van der Waals surface area contributed by atoms with Crippen LogP contribution in [-0.2, 0) is 21.2 Å². The number of primary sulfonamides is 1. The van der Waals surface area contributed by atoms with Gasteiger partial charge in [-0.15, -0.1) is 0 Å². The maximum atomic E-state index is 11.5. The molecule has 0 radical (unpaired) electrons. The number of hydrogen-bond donors (Lipinski definition) is 1. The number of nitrogens with zero attached hydrogens (tertiary/aromatic N) is 2. The van der Waals surface area contributed by atoms with Gasteiger partial charge in [-0.3, -0.25) is 4.90 Å². The van der Waals surface area contributed by atoms with E-state index >= 15 is 0 Å². The molecule has 1 atom stereocenters. The largest absolute Gasteiger partial charge is 0.373 e. The summed E-state index contributed by atoms with van der Waals surface area (Å²) in [5.74, 6) is 0. The molecule has 2 aromatic carbocycles. The summed E-state index contributed by atoms with van der Waals surface area (Å²) in [5, 5.41) is 5.22. The first kappa shape index (κ1) is 29.3. The Bertz CT molecular complexity index is 1030. The van der Waals surface area contributed by atoms with Crippen LogP contribution >= 0.6 is 31.9 Å². The van der Waals surface area contributed by atoms with Gasteiger partial charge in [-0.05, 0) is 70.2 Å². The second kappa shape index (κ2) is 13.9. The van der Waals surface area contributed by atoms with Crippen molar-refractivity contribution in [3.8, 4) is 0 Å². The molecule has 2 aliphatic heterocycles. The average Bonchev–Trinajstić information content (AvgIpc) is 2.85. The Hall–Kier alpha value is -0.970. The molecule has 190 valence electrons. The van der Waals surface area contributed by atoms with E-state index in [4.69, 9.17) is 9.88 Å². The van der Waals surface area contributed by atoms with Gasteiger partial charge in [-0.2, -0.15) is 0 Å². The molecule has 34 heavy (non-hydrogen) atoms. The van der Waals surface area contributed by atoms with Crippen molar-refractivity contribution in [2.75, 3.05) is 44.2 Å². The lowest BCUT2D eigenvalue weighted by atomic mass is 9.95. The number of sulfonamides is 1. The van der Waals surface area contributed by atoms with Gasteiger partial charge in [-0.25, -0.2) is 13.6 Å². The molecule has 0 aromatic heterocycles. The van der Waals surface area contributed by atoms with E-state index in [9.17, 15) is 8.42 Å². The maximum Gasteiger partial charge on any atom is 0.238 e. The molecule has 1 unspecified atom stereocenters.